The lowest BCUT2D eigenvalue weighted by atomic mass is 9.78. The fraction of sp³-hybridized carbons (Fsp3) is 0.188. The maximum atomic E-state index is 13.2. The highest BCUT2D eigenvalue weighted by atomic mass is 19.1. The van der Waals surface area contributed by atoms with Crippen LogP contribution in [0, 0.1) is 5.82 Å². The van der Waals surface area contributed by atoms with Crippen LogP contribution >= 0.6 is 0 Å². The van der Waals surface area contributed by atoms with Crippen LogP contribution in [0.4, 0.5) is 4.39 Å². The van der Waals surface area contributed by atoms with E-state index in [1.165, 1.54) is 12.1 Å². The molecule has 3 rings (SSSR count). The van der Waals surface area contributed by atoms with Crippen molar-refractivity contribution in [1.82, 2.24) is 0 Å². The molecular formula is C16H14FNO. The van der Waals surface area contributed by atoms with Crippen LogP contribution in [-0.2, 0) is 6.42 Å². The van der Waals surface area contributed by atoms with E-state index >= 15 is 0 Å². The van der Waals surface area contributed by atoms with E-state index in [4.69, 9.17) is 0 Å². The lowest BCUT2D eigenvalue weighted by Crippen LogP contribution is -2.22. The largest absolute Gasteiger partial charge is 0.411 e. The molecule has 0 spiro atoms. The van der Waals surface area contributed by atoms with Crippen molar-refractivity contribution in [2.45, 2.75) is 18.8 Å². The van der Waals surface area contributed by atoms with E-state index in [1.807, 2.05) is 30.3 Å². The molecule has 3 heteroatoms. The Morgan fingerprint density at radius 3 is 2.63 bits per heavy atom. The zero-order valence-corrected chi connectivity index (χ0v) is 10.4. The summed E-state index contributed by atoms with van der Waals surface area (Å²) >= 11 is 0. The third-order valence-corrected chi connectivity index (χ3v) is 3.69. The van der Waals surface area contributed by atoms with Crippen molar-refractivity contribution in [3.8, 4) is 0 Å². The molecule has 96 valence electrons. The topological polar surface area (TPSA) is 32.6 Å². The van der Waals surface area contributed by atoms with E-state index in [0.29, 0.717) is 5.71 Å². The van der Waals surface area contributed by atoms with Crippen molar-refractivity contribution in [3.05, 3.63) is 71.0 Å². The Labute approximate surface area is 111 Å². The number of nitrogens with zero attached hydrogens (tertiary/aromatic N) is 1. The second-order valence-corrected chi connectivity index (χ2v) is 4.79. The number of oxime groups is 1. The Hall–Kier alpha value is -2.16. The van der Waals surface area contributed by atoms with Crippen LogP contribution in [-0.4, -0.2) is 10.9 Å². The first kappa shape index (κ1) is 11.9. The van der Waals surface area contributed by atoms with Crippen LogP contribution in [0.15, 0.2) is 53.7 Å². The molecular weight excluding hydrogens is 241 g/mol. The molecule has 0 aliphatic heterocycles. The van der Waals surface area contributed by atoms with Gasteiger partial charge in [0.15, 0.2) is 0 Å². The standard InChI is InChI=1S/C16H14FNO/c17-13-7-9-15-12(10-13)6-8-14(16(15)18-19)11-4-2-1-3-5-11/h1-5,7,9-10,14,19H,6,8H2/b18-16-/t14-/m1/s1. The number of halogens is 1. The Kier molecular flexibility index (Phi) is 3.03. The first-order chi connectivity index (χ1) is 9.29. The Bertz CT molecular complexity index is 622. The van der Waals surface area contributed by atoms with Gasteiger partial charge in [-0.15, -0.1) is 0 Å². The van der Waals surface area contributed by atoms with Crippen LogP contribution in [0.5, 0.6) is 0 Å². The van der Waals surface area contributed by atoms with E-state index in [9.17, 15) is 9.60 Å². The molecule has 1 N–H and O–H groups in total. The SMILES string of the molecule is O/N=C1\c2ccc(F)cc2CC[C@@H]1c1ccccc1. The van der Waals surface area contributed by atoms with Gasteiger partial charge >= 0.3 is 0 Å². The van der Waals surface area contributed by atoms with Crippen molar-refractivity contribution in [1.29, 1.82) is 0 Å². The van der Waals surface area contributed by atoms with Gasteiger partial charge < -0.3 is 5.21 Å². The number of benzene rings is 2. The molecule has 0 amide bonds. The van der Waals surface area contributed by atoms with Gasteiger partial charge in [-0.25, -0.2) is 4.39 Å². The molecule has 0 saturated heterocycles. The van der Waals surface area contributed by atoms with Crippen LogP contribution in [0.2, 0.25) is 0 Å². The quantitative estimate of drug-likeness (QED) is 0.611. The highest BCUT2D eigenvalue weighted by Gasteiger charge is 2.27. The summed E-state index contributed by atoms with van der Waals surface area (Å²) in [6.45, 7) is 0. The lowest BCUT2D eigenvalue weighted by molar-refractivity contribution is 0.316. The maximum Gasteiger partial charge on any atom is 0.123 e. The molecule has 0 fully saturated rings. The van der Waals surface area contributed by atoms with Gasteiger partial charge in [-0.3, -0.25) is 0 Å². The van der Waals surface area contributed by atoms with E-state index in [2.05, 4.69) is 5.16 Å². The lowest BCUT2D eigenvalue weighted by Gasteiger charge is -2.26. The molecule has 2 aromatic rings. The third kappa shape index (κ3) is 2.12. The molecule has 2 nitrogen and oxygen atoms in total. The summed E-state index contributed by atoms with van der Waals surface area (Å²) in [5.74, 6) is -0.168. The van der Waals surface area contributed by atoms with Crippen LogP contribution in [0.25, 0.3) is 0 Å². The molecule has 1 atom stereocenters. The van der Waals surface area contributed by atoms with Crippen LogP contribution < -0.4 is 0 Å². The summed E-state index contributed by atoms with van der Waals surface area (Å²) in [5.41, 5.74) is 3.53. The van der Waals surface area contributed by atoms with Gasteiger partial charge in [0.2, 0.25) is 0 Å². The maximum absolute atomic E-state index is 13.2. The molecule has 0 aromatic heterocycles. The average Bonchev–Trinajstić information content (AvgIpc) is 2.46. The number of hydrogen-bond acceptors (Lipinski definition) is 2. The molecule has 0 radical (unpaired) electrons. The van der Waals surface area contributed by atoms with Crippen LogP contribution in [0.3, 0.4) is 0 Å². The van der Waals surface area contributed by atoms with Gasteiger partial charge in [-0.1, -0.05) is 35.5 Å². The fourth-order valence-corrected chi connectivity index (χ4v) is 2.78. The molecule has 0 saturated carbocycles. The van der Waals surface area contributed by atoms with Crippen molar-refractivity contribution in [3.63, 3.8) is 0 Å². The van der Waals surface area contributed by atoms with Gasteiger partial charge in [0.25, 0.3) is 0 Å². The minimum absolute atomic E-state index is 0.0733. The monoisotopic (exact) mass is 255 g/mol. The molecule has 0 bridgehead atoms. The second-order valence-electron chi connectivity index (χ2n) is 4.79. The van der Waals surface area contributed by atoms with Crippen molar-refractivity contribution in [2.75, 3.05) is 0 Å². The Morgan fingerprint density at radius 2 is 1.89 bits per heavy atom. The van der Waals surface area contributed by atoms with E-state index in [-0.39, 0.29) is 11.7 Å². The van der Waals surface area contributed by atoms with E-state index < -0.39 is 0 Å². The second kappa shape index (κ2) is 4.84. The molecule has 19 heavy (non-hydrogen) atoms. The average molecular weight is 255 g/mol. The summed E-state index contributed by atoms with van der Waals surface area (Å²) in [7, 11) is 0. The predicted octanol–water partition coefficient (Wildman–Crippen LogP) is 3.73. The van der Waals surface area contributed by atoms with Gasteiger partial charge in [0, 0.05) is 11.5 Å². The minimum atomic E-state index is -0.241. The number of fused-ring (bicyclic) bond motifs is 1. The van der Waals surface area contributed by atoms with Gasteiger partial charge in [-0.05, 0) is 42.2 Å². The molecule has 0 heterocycles. The zero-order valence-electron chi connectivity index (χ0n) is 10.4. The van der Waals surface area contributed by atoms with Crippen LogP contribution in [0.1, 0.15) is 29.0 Å². The fourth-order valence-electron chi connectivity index (χ4n) is 2.78. The smallest absolute Gasteiger partial charge is 0.123 e. The van der Waals surface area contributed by atoms with Gasteiger partial charge in [0.1, 0.15) is 5.82 Å². The minimum Gasteiger partial charge on any atom is -0.411 e. The highest BCUT2D eigenvalue weighted by Crippen LogP contribution is 2.33. The number of rotatable bonds is 1. The van der Waals surface area contributed by atoms with Crippen molar-refractivity contribution in [2.24, 2.45) is 5.16 Å². The Morgan fingerprint density at radius 1 is 1.11 bits per heavy atom. The summed E-state index contributed by atoms with van der Waals surface area (Å²) < 4.78 is 13.2. The number of aryl methyl sites for hydroxylation is 1. The molecule has 1 aliphatic rings. The normalized spacial score (nSPS) is 20.3. The highest BCUT2D eigenvalue weighted by molar-refractivity contribution is 6.06. The van der Waals surface area contributed by atoms with Crippen molar-refractivity contribution < 1.29 is 9.60 Å². The summed E-state index contributed by atoms with van der Waals surface area (Å²) in [4.78, 5) is 0. The molecule has 2 aromatic carbocycles. The molecule has 0 unspecified atom stereocenters. The summed E-state index contributed by atoms with van der Waals surface area (Å²) in [5, 5.41) is 12.8. The van der Waals surface area contributed by atoms with E-state index in [1.54, 1.807) is 6.07 Å². The molecule has 1 aliphatic carbocycles. The van der Waals surface area contributed by atoms with Crippen molar-refractivity contribution >= 4 is 5.71 Å². The van der Waals surface area contributed by atoms with E-state index in [0.717, 1.165) is 29.5 Å². The summed E-state index contributed by atoms with van der Waals surface area (Å²) in [6.07, 6.45) is 1.63. The first-order valence-corrected chi connectivity index (χ1v) is 6.35. The number of hydrogen-bond donors (Lipinski definition) is 1. The summed E-state index contributed by atoms with van der Waals surface area (Å²) in [6, 6.07) is 14.6. The zero-order chi connectivity index (χ0) is 13.2. The first-order valence-electron chi connectivity index (χ1n) is 6.35. The van der Waals surface area contributed by atoms with Gasteiger partial charge in [0.05, 0.1) is 5.71 Å². The Balaban J connectivity index is 2.06. The van der Waals surface area contributed by atoms with Gasteiger partial charge in [-0.2, -0.15) is 0 Å². The predicted molar refractivity (Wildman–Crippen MR) is 72.2 cm³/mol. The third-order valence-electron chi connectivity index (χ3n) is 3.69.